The van der Waals surface area contributed by atoms with E-state index in [0.717, 1.165) is 18.5 Å². The zero-order valence-corrected chi connectivity index (χ0v) is 11.1. The lowest BCUT2D eigenvalue weighted by Crippen LogP contribution is -2.37. The summed E-state index contributed by atoms with van der Waals surface area (Å²) in [6.45, 7) is 1.80. The SMILES string of the molecule is O=C(Cc1ccc(F)cc1)NCCC1CCCCN1. The highest BCUT2D eigenvalue weighted by Gasteiger charge is 2.12. The summed E-state index contributed by atoms with van der Waals surface area (Å²) in [7, 11) is 0. The monoisotopic (exact) mass is 264 g/mol. The van der Waals surface area contributed by atoms with Gasteiger partial charge in [0.2, 0.25) is 5.91 Å². The van der Waals surface area contributed by atoms with E-state index in [2.05, 4.69) is 10.6 Å². The third-order valence-corrected chi connectivity index (χ3v) is 3.51. The first kappa shape index (κ1) is 14.0. The van der Waals surface area contributed by atoms with Crippen LogP contribution in [0.4, 0.5) is 4.39 Å². The maximum atomic E-state index is 12.7. The minimum Gasteiger partial charge on any atom is -0.356 e. The van der Waals surface area contributed by atoms with E-state index in [1.54, 1.807) is 12.1 Å². The van der Waals surface area contributed by atoms with Crippen molar-refractivity contribution in [2.45, 2.75) is 38.1 Å². The summed E-state index contributed by atoms with van der Waals surface area (Å²) in [6, 6.07) is 6.61. The Balaban J connectivity index is 1.65. The van der Waals surface area contributed by atoms with Crippen LogP contribution in [0.2, 0.25) is 0 Å². The lowest BCUT2D eigenvalue weighted by atomic mass is 10.0. The van der Waals surface area contributed by atoms with E-state index in [1.807, 2.05) is 0 Å². The molecule has 1 heterocycles. The topological polar surface area (TPSA) is 41.1 Å². The number of carbonyl (C=O) groups excluding carboxylic acids is 1. The van der Waals surface area contributed by atoms with E-state index in [9.17, 15) is 9.18 Å². The van der Waals surface area contributed by atoms with Gasteiger partial charge in [-0.25, -0.2) is 4.39 Å². The molecule has 0 saturated carbocycles. The number of rotatable bonds is 5. The summed E-state index contributed by atoms with van der Waals surface area (Å²) in [4.78, 5) is 11.7. The number of hydrogen-bond acceptors (Lipinski definition) is 2. The molecule has 0 aromatic heterocycles. The molecule has 1 fully saturated rings. The quantitative estimate of drug-likeness (QED) is 0.854. The fourth-order valence-electron chi connectivity index (χ4n) is 2.41. The van der Waals surface area contributed by atoms with Gasteiger partial charge in [0.05, 0.1) is 6.42 Å². The molecular weight excluding hydrogens is 243 g/mol. The van der Waals surface area contributed by atoms with Crippen molar-refractivity contribution >= 4 is 5.91 Å². The number of piperidine rings is 1. The van der Waals surface area contributed by atoms with E-state index < -0.39 is 0 Å². The summed E-state index contributed by atoms with van der Waals surface area (Å²) in [5.41, 5.74) is 0.842. The van der Waals surface area contributed by atoms with Crippen LogP contribution in [0, 0.1) is 5.82 Å². The molecule has 1 aromatic carbocycles. The Bertz CT molecular complexity index is 399. The molecule has 1 atom stereocenters. The standard InChI is InChI=1S/C15H21FN2O/c16-13-6-4-12(5-7-13)11-15(19)18-10-8-14-3-1-2-9-17-14/h4-7,14,17H,1-3,8-11H2,(H,18,19). The van der Waals surface area contributed by atoms with Gasteiger partial charge in [0.15, 0.2) is 0 Å². The van der Waals surface area contributed by atoms with Crippen LogP contribution >= 0.6 is 0 Å². The van der Waals surface area contributed by atoms with Gasteiger partial charge in [-0.2, -0.15) is 0 Å². The van der Waals surface area contributed by atoms with Crippen molar-refractivity contribution in [3.8, 4) is 0 Å². The molecule has 1 aliphatic rings. The largest absolute Gasteiger partial charge is 0.356 e. The van der Waals surface area contributed by atoms with Crippen LogP contribution in [0.15, 0.2) is 24.3 Å². The van der Waals surface area contributed by atoms with E-state index in [1.165, 1.54) is 31.4 Å². The van der Waals surface area contributed by atoms with Crippen LogP contribution in [-0.4, -0.2) is 25.0 Å². The van der Waals surface area contributed by atoms with Crippen molar-refractivity contribution in [2.24, 2.45) is 0 Å². The number of hydrogen-bond donors (Lipinski definition) is 2. The highest BCUT2D eigenvalue weighted by atomic mass is 19.1. The van der Waals surface area contributed by atoms with Gasteiger partial charge in [0.1, 0.15) is 5.82 Å². The first-order chi connectivity index (χ1) is 9.24. The zero-order chi connectivity index (χ0) is 13.5. The van der Waals surface area contributed by atoms with E-state index >= 15 is 0 Å². The number of halogens is 1. The number of nitrogens with one attached hydrogen (secondary N) is 2. The Morgan fingerprint density at radius 1 is 1.32 bits per heavy atom. The molecule has 0 radical (unpaired) electrons. The van der Waals surface area contributed by atoms with Gasteiger partial charge in [-0.3, -0.25) is 4.79 Å². The maximum absolute atomic E-state index is 12.7. The Morgan fingerprint density at radius 2 is 2.11 bits per heavy atom. The molecule has 0 spiro atoms. The van der Waals surface area contributed by atoms with Crippen molar-refractivity contribution in [3.63, 3.8) is 0 Å². The Labute approximate surface area is 113 Å². The first-order valence-corrected chi connectivity index (χ1v) is 6.98. The average Bonchev–Trinajstić information content (AvgIpc) is 2.43. The van der Waals surface area contributed by atoms with E-state index in [0.29, 0.717) is 19.0 Å². The van der Waals surface area contributed by atoms with Crippen LogP contribution in [0.1, 0.15) is 31.2 Å². The normalized spacial score (nSPS) is 19.1. The lowest BCUT2D eigenvalue weighted by molar-refractivity contribution is -0.120. The number of benzene rings is 1. The van der Waals surface area contributed by atoms with Crippen LogP contribution < -0.4 is 10.6 Å². The number of carbonyl (C=O) groups is 1. The smallest absolute Gasteiger partial charge is 0.224 e. The molecule has 3 nitrogen and oxygen atoms in total. The molecular formula is C15H21FN2O. The van der Waals surface area contributed by atoms with Crippen LogP contribution in [0.3, 0.4) is 0 Å². The average molecular weight is 264 g/mol. The maximum Gasteiger partial charge on any atom is 0.224 e. The molecule has 104 valence electrons. The molecule has 1 aliphatic heterocycles. The molecule has 1 saturated heterocycles. The third-order valence-electron chi connectivity index (χ3n) is 3.51. The second-order valence-corrected chi connectivity index (χ2v) is 5.09. The molecule has 2 rings (SSSR count). The first-order valence-electron chi connectivity index (χ1n) is 6.98. The molecule has 0 bridgehead atoms. The van der Waals surface area contributed by atoms with Crippen molar-refractivity contribution in [2.75, 3.05) is 13.1 Å². The van der Waals surface area contributed by atoms with Crippen LogP contribution in [0.5, 0.6) is 0 Å². The second-order valence-electron chi connectivity index (χ2n) is 5.09. The molecule has 1 amide bonds. The van der Waals surface area contributed by atoms with Gasteiger partial charge in [-0.05, 0) is 43.5 Å². The van der Waals surface area contributed by atoms with Crippen molar-refractivity contribution in [3.05, 3.63) is 35.6 Å². The van der Waals surface area contributed by atoms with E-state index in [-0.39, 0.29) is 11.7 Å². The third kappa shape index (κ3) is 4.99. The Hall–Kier alpha value is -1.42. The van der Waals surface area contributed by atoms with Crippen molar-refractivity contribution in [1.82, 2.24) is 10.6 Å². The summed E-state index contributed by atoms with van der Waals surface area (Å²) in [5, 5.41) is 6.38. The van der Waals surface area contributed by atoms with Gasteiger partial charge < -0.3 is 10.6 Å². The molecule has 2 N–H and O–H groups in total. The Kier molecular flexibility index (Phi) is 5.33. The molecule has 1 aromatic rings. The molecule has 1 unspecified atom stereocenters. The summed E-state index contributed by atoms with van der Waals surface area (Å²) in [6.07, 6.45) is 5.04. The van der Waals surface area contributed by atoms with Crippen molar-refractivity contribution in [1.29, 1.82) is 0 Å². The predicted octanol–water partition coefficient (Wildman–Crippen LogP) is 2.02. The summed E-state index contributed by atoms with van der Waals surface area (Å²) >= 11 is 0. The number of amides is 1. The fourth-order valence-corrected chi connectivity index (χ4v) is 2.41. The van der Waals surface area contributed by atoms with Gasteiger partial charge in [-0.15, -0.1) is 0 Å². The highest BCUT2D eigenvalue weighted by Crippen LogP contribution is 2.09. The Morgan fingerprint density at radius 3 is 2.79 bits per heavy atom. The fraction of sp³-hybridized carbons (Fsp3) is 0.533. The summed E-state index contributed by atoms with van der Waals surface area (Å²) < 4.78 is 12.7. The predicted molar refractivity (Wildman–Crippen MR) is 73.4 cm³/mol. The van der Waals surface area contributed by atoms with Gasteiger partial charge in [-0.1, -0.05) is 18.6 Å². The van der Waals surface area contributed by atoms with Gasteiger partial charge >= 0.3 is 0 Å². The van der Waals surface area contributed by atoms with Crippen molar-refractivity contribution < 1.29 is 9.18 Å². The molecule has 19 heavy (non-hydrogen) atoms. The lowest BCUT2D eigenvalue weighted by Gasteiger charge is -2.23. The van der Waals surface area contributed by atoms with Crippen LogP contribution in [0.25, 0.3) is 0 Å². The second kappa shape index (κ2) is 7.24. The van der Waals surface area contributed by atoms with Crippen LogP contribution in [-0.2, 0) is 11.2 Å². The summed E-state index contributed by atoms with van der Waals surface area (Å²) in [5.74, 6) is -0.269. The molecule has 4 heteroatoms. The van der Waals surface area contributed by atoms with Gasteiger partial charge in [0, 0.05) is 12.6 Å². The minimum atomic E-state index is -0.271. The van der Waals surface area contributed by atoms with Gasteiger partial charge in [0.25, 0.3) is 0 Å². The zero-order valence-electron chi connectivity index (χ0n) is 11.1. The highest BCUT2D eigenvalue weighted by molar-refractivity contribution is 5.78. The molecule has 0 aliphatic carbocycles. The van der Waals surface area contributed by atoms with E-state index in [4.69, 9.17) is 0 Å². The minimum absolute atomic E-state index is 0.00224.